The molecule has 3 fully saturated rings. The average molecular weight is 483 g/mol. The summed E-state index contributed by atoms with van der Waals surface area (Å²) in [5.41, 5.74) is 0. The Labute approximate surface area is 214 Å². The lowest BCUT2D eigenvalue weighted by Crippen LogP contribution is -2.42. The molecule has 0 aromatic heterocycles. The summed E-state index contributed by atoms with van der Waals surface area (Å²) in [4.78, 5) is 0. The quantitative estimate of drug-likeness (QED) is 0.375. The van der Waals surface area contributed by atoms with Crippen LogP contribution in [0.4, 0.5) is 0 Å². The minimum Gasteiger partial charge on any atom is -0.375 e. The van der Waals surface area contributed by atoms with E-state index in [1.807, 2.05) is 0 Å². The molecule has 204 valence electrons. The van der Waals surface area contributed by atoms with Crippen LogP contribution < -0.4 is 0 Å². The van der Waals surface area contributed by atoms with Crippen LogP contribution in [-0.2, 0) is 14.2 Å². The molecule has 0 N–H and O–H groups in total. The highest BCUT2D eigenvalue weighted by molar-refractivity contribution is 4.84. The smallest absolute Gasteiger partial charge is 0.0604 e. The predicted molar refractivity (Wildman–Crippen MR) is 147 cm³/mol. The molecule has 0 aromatic rings. The van der Waals surface area contributed by atoms with Crippen LogP contribution in [0.1, 0.15) is 110 Å². The normalized spacial score (nSPS) is 51.4. The number of hydrogen-bond donors (Lipinski definition) is 0. The highest BCUT2D eigenvalue weighted by Crippen LogP contribution is 2.36. The van der Waals surface area contributed by atoms with Gasteiger partial charge in [-0.05, 0) is 94.3 Å². The molecule has 0 aliphatic carbocycles. The Hall–Kier alpha value is -0.120. The van der Waals surface area contributed by atoms with Crippen molar-refractivity contribution < 1.29 is 14.2 Å². The molecule has 15 atom stereocenters. The zero-order valence-electron chi connectivity index (χ0n) is 25.6. The largest absolute Gasteiger partial charge is 0.375 e. The van der Waals surface area contributed by atoms with E-state index in [4.69, 9.17) is 14.2 Å². The Morgan fingerprint density at radius 1 is 0.324 bits per heavy atom. The third-order valence-electron chi connectivity index (χ3n) is 10.9. The first-order valence-corrected chi connectivity index (χ1v) is 14.6. The monoisotopic (exact) mass is 482 g/mol. The van der Waals surface area contributed by atoms with E-state index >= 15 is 0 Å². The van der Waals surface area contributed by atoms with Gasteiger partial charge in [-0.1, -0.05) is 69.2 Å². The lowest BCUT2D eigenvalue weighted by Gasteiger charge is -2.42. The second kappa shape index (κ2) is 14.0. The van der Waals surface area contributed by atoms with Crippen LogP contribution in [0.25, 0.3) is 0 Å². The Kier molecular flexibility index (Phi) is 13.1. The number of ether oxygens (including phenoxy) is 3. The van der Waals surface area contributed by atoms with Crippen molar-refractivity contribution in [2.75, 3.05) is 0 Å². The Bertz CT molecular complexity index is 500. The van der Waals surface area contributed by atoms with E-state index in [1.54, 1.807) is 0 Å². The van der Waals surface area contributed by atoms with Gasteiger partial charge in [0.25, 0.3) is 0 Å². The molecule has 3 heterocycles. The summed E-state index contributed by atoms with van der Waals surface area (Å²) in [5.74, 6) is 6.68. The van der Waals surface area contributed by atoms with Crippen molar-refractivity contribution in [2.24, 2.45) is 53.3 Å². The van der Waals surface area contributed by atoms with Crippen LogP contribution in [-0.4, -0.2) is 36.6 Å². The van der Waals surface area contributed by atoms with Crippen molar-refractivity contribution in [3.8, 4) is 0 Å². The van der Waals surface area contributed by atoms with Gasteiger partial charge < -0.3 is 14.2 Å². The molecule has 0 aromatic carbocycles. The minimum absolute atomic E-state index is 0.441. The van der Waals surface area contributed by atoms with Gasteiger partial charge in [-0.2, -0.15) is 0 Å². The molecule has 3 saturated heterocycles. The third kappa shape index (κ3) is 7.94. The van der Waals surface area contributed by atoms with Crippen LogP contribution >= 0.6 is 0 Å². The molecule has 0 bridgehead atoms. The van der Waals surface area contributed by atoms with Crippen LogP contribution in [0.5, 0.6) is 0 Å². The van der Waals surface area contributed by atoms with Crippen molar-refractivity contribution in [2.45, 2.75) is 147 Å². The van der Waals surface area contributed by atoms with Gasteiger partial charge in [0.1, 0.15) is 0 Å². The van der Waals surface area contributed by atoms with Crippen molar-refractivity contribution in [1.82, 2.24) is 0 Å². The summed E-state index contributed by atoms with van der Waals surface area (Å²) >= 11 is 0. The SMILES string of the molecule is CC1O[C@H](C)[C@@H](C)C(C)[C@H]1C.CC1O[C@H](C)[C@@H](C)C(C)[C@H]1C.CCC1OC(C)[C@H](C)[C@@H](C)[C@@H]1C. The fourth-order valence-electron chi connectivity index (χ4n) is 6.08. The summed E-state index contributed by atoms with van der Waals surface area (Å²) in [7, 11) is 0. The molecule has 0 spiro atoms. The maximum Gasteiger partial charge on any atom is 0.0604 e. The van der Waals surface area contributed by atoms with Gasteiger partial charge in [0, 0.05) is 0 Å². The summed E-state index contributed by atoms with van der Waals surface area (Å²) in [5, 5.41) is 0. The molecule has 0 amide bonds. The number of rotatable bonds is 1. The van der Waals surface area contributed by atoms with E-state index in [1.165, 1.54) is 0 Å². The average Bonchev–Trinajstić information content (AvgIpc) is 2.80. The van der Waals surface area contributed by atoms with Crippen molar-refractivity contribution in [3.63, 3.8) is 0 Å². The van der Waals surface area contributed by atoms with Gasteiger partial charge in [0.05, 0.1) is 36.6 Å². The van der Waals surface area contributed by atoms with Gasteiger partial charge >= 0.3 is 0 Å². The fourth-order valence-corrected chi connectivity index (χ4v) is 6.08. The minimum atomic E-state index is 0.441. The van der Waals surface area contributed by atoms with Crippen molar-refractivity contribution >= 4 is 0 Å². The van der Waals surface area contributed by atoms with E-state index < -0.39 is 0 Å². The second-order valence-corrected chi connectivity index (χ2v) is 12.6. The molecule has 3 rings (SSSR count). The lowest BCUT2D eigenvalue weighted by molar-refractivity contribution is -0.125. The van der Waals surface area contributed by atoms with Crippen LogP contribution in [0.2, 0.25) is 0 Å². The van der Waals surface area contributed by atoms with Gasteiger partial charge in [-0.3, -0.25) is 0 Å². The van der Waals surface area contributed by atoms with Crippen molar-refractivity contribution in [3.05, 3.63) is 0 Å². The van der Waals surface area contributed by atoms with E-state index in [0.717, 1.165) is 30.1 Å². The standard InChI is InChI=1S/C11H22O.2C10H20O/c1-6-11-9(4)7(2)8(3)10(5)12-11;2*1-6-7(2)9(4)11-10(5)8(6)3/h7-11H,6H2,1-5H3;2*6-10H,1-5H3/t7-,8-,9+,10?,11?;2*6?,7-,8+,9+,10?/m100/s1. The van der Waals surface area contributed by atoms with Crippen molar-refractivity contribution in [1.29, 1.82) is 0 Å². The van der Waals surface area contributed by atoms with E-state index in [2.05, 4.69) is 104 Å². The molecule has 3 aliphatic rings. The Balaban J connectivity index is 0.000000255. The first kappa shape index (κ1) is 31.9. The molecule has 0 radical (unpaired) electrons. The molecule has 3 nitrogen and oxygen atoms in total. The van der Waals surface area contributed by atoms with E-state index in [0.29, 0.717) is 66.2 Å². The van der Waals surface area contributed by atoms with Crippen LogP contribution in [0, 0.1) is 53.3 Å². The van der Waals surface area contributed by atoms with Crippen LogP contribution in [0.15, 0.2) is 0 Å². The molecule has 0 saturated carbocycles. The summed E-state index contributed by atoms with van der Waals surface area (Å²) < 4.78 is 17.5. The first-order valence-electron chi connectivity index (χ1n) is 14.6. The maximum atomic E-state index is 5.93. The third-order valence-corrected chi connectivity index (χ3v) is 10.9. The van der Waals surface area contributed by atoms with Gasteiger partial charge in [-0.15, -0.1) is 0 Å². The van der Waals surface area contributed by atoms with Crippen LogP contribution in [0.3, 0.4) is 0 Å². The molecular formula is C31H62O3. The highest BCUT2D eigenvalue weighted by atomic mass is 16.5. The molecular weight excluding hydrogens is 420 g/mol. The van der Waals surface area contributed by atoms with E-state index in [9.17, 15) is 0 Å². The Morgan fingerprint density at radius 3 is 0.824 bits per heavy atom. The zero-order valence-corrected chi connectivity index (χ0v) is 25.6. The summed E-state index contributed by atoms with van der Waals surface area (Å²) in [6.07, 6.45) is 3.86. The Morgan fingerprint density at radius 2 is 0.559 bits per heavy atom. The molecule has 3 aliphatic heterocycles. The lowest BCUT2D eigenvalue weighted by atomic mass is 9.76. The van der Waals surface area contributed by atoms with Gasteiger partial charge in [0.15, 0.2) is 0 Å². The summed E-state index contributed by atoms with van der Waals surface area (Å²) in [6, 6.07) is 0. The highest BCUT2D eigenvalue weighted by Gasteiger charge is 2.36. The molecule has 6 unspecified atom stereocenters. The van der Waals surface area contributed by atoms with Gasteiger partial charge in [0.2, 0.25) is 0 Å². The first-order chi connectivity index (χ1) is 15.6. The molecule has 3 heteroatoms. The molecule has 34 heavy (non-hydrogen) atoms. The fraction of sp³-hybridized carbons (Fsp3) is 1.00. The zero-order chi connectivity index (χ0) is 26.5. The van der Waals surface area contributed by atoms with Gasteiger partial charge in [-0.25, -0.2) is 0 Å². The topological polar surface area (TPSA) is 27.7 Å². The van der Waals surface area contributed by atoms with E-state index in [-0.39, 0.29) is 0 Å². The second-order valence-electron chi connectivity index (χ2n) is 12.6. The number of hydrogen-bond acceptors (Lipinski definition) is 3. The summed E-state index contributed by atoms with van der Waals surface area (Å²) in [6.45, 7) is 34.0. The predicted octanol–water partition coefficient (Wildman–Crippen LogP) is 8.50. The maximum absolute atomic E-state index is 5.93.